The van der Waals surface area contributed by atoms with E-state index in [0.29, 0.717) is 18.8 Å². The minimum atomic E-state index is -0.125. The largest absolute Gasteiger partial charge is 0.469 e. The Labute approximate surface area is 116 Å². The Kier molecular flexibility index (Phi) is 5.83. The first kappa shape index (κ1) is 16.0. The summed E-state index contributed by atoms with van der Waals surface area (Å²) in [5.41, 5.74) is 0.0339. The van der Waals surface area contributed by atoms with Gasteiger partial charge in [0, 0.05) is 18.9 Å². The molecule has 0 bridgehead atoms. The number of hydrogen-bond donors (Lipinski definition) is 1. The number of esters is 1. The lowest BCUT2D eigenvalue weighted by Gasteiger charge is -2.29. The fourth-order valence-electron chi connectivity index (χ4n) is 2.59. The quantitative estimate of drug-likeness (QED) is 0.798. The standard InChI is InChI=1S/C15H27NO3/c1-15(2,3)10-13(17)16-12-7-5-11(6-8-12)9-14(18)19-4/h11-12H,5-10H2,1-4H3,(H,16,17). The molecule has 0 saturated heterocycles. The van der Waals surface area contributed by atoms with Gasteiger partial charge in [-0.05, 0) is 37.0 Å². The van der Waals surface area contributed by atoms with Crippen LogP contribution in [0.3, 0.4) is 0 Å². The first-order valence-corrected chi connectivity index (χ1v) is 7.16. The van der Waals surface area contributed by atoms with Crippen LogP contribution in [0.4, 0.5) is 0 Å². The van der Waals surface area contributed by atoms with E-state index in [0.717, 1.165) is 25.7 Å². The zero-order valence-corrected chi connectivity index (χ0v) is 12.6. The van der Waals surface area contributed by atoms with Crippen LogP contribution in [0.5, 0.6) is 0 Å². The summed E-state index contributed by atoms with van der Waals surface area (Å²) >= 11 is 0. The van der Waals surface area contributed by atoms with Crippen molar-refractivity contribution in [2.45, 2.75) is 65.3 Å². The van der Waals surface area contributed by atoms with E-state index in [9.17, 15) is 9.59 Å². The van der Waals surface area contributed by atoms with Crippen LogP contribution in [-0.4, -0.2) is 25.0 Å². The number of rotatable bonds is 4. The van der Waals surface area contributed by atoms with Crippen molar-refractivity contribution < 1.29 is 14.3 Å². The molecule has 1 rings (SSSR count). The van der Waals surface area contributed by atoms with E-state index >= 15 is 0 Å². The number of hydrogen-bond acceptors (Lipinski definition) is 3. The average Bonchev–Trinajstić information content (AvgIpc) is 2.29. The van der Waals surface area contributed by atoms with Crippen LogP contribution < -0.4 is 5.32 Å². The highest BCUT2D eigenvalue weighted by Crippen LogP contribution is 2.27. The minimum Gasteiger partial charge on any atom is -0.469 e. The van der Waals surface area contributed by atoms with Crippen molar-refractivity contribution in [3.8, 4) is 0 Å². The Balaban J connectivity index is 2.26. The van der Waals surface area contributed by atoms with Gasteiger partial charge in [-0.1, -0.05) is 20.8 Å². The Bertz CT molecular complexity index is 312. The first-order chi connectivity index (χ1) is 8.80. The van der Waals surface area contributed by atoms with Crippen molar-refractivity contribution in [2.75, 3.05) is 7.11 Å². The van der Waals surface area contributed by atoms with Gasteiger partial charge in [0.1, 0.15) is 0 Å². The molecule has 1 saturated carbocycles. The molecule has 1 fully saturated rings. The summed E-state index contributed by atoms with van der Waals surface area (Å²) < 4.78 is 4.69. The van der Waals surface area contributed by atoms with E-state index in [-0.39, 0.29) is 23.3 Å². The molecule has 1 N–H and O–H groups in total. The molecule has 1 aliphatic rings. The second kappa shape index (κ2) is 6.92. The molecule has 0 aliphatic heterocycles. The third kappa shape index (κ3) is 6.60. The average molecular weight is 269 g/mol. The maximum Gasteiger partial charge on any atom is 0.305 e. The highest BCUT2D eigenvalue weighted by atomic mass is 16.5. The highest BCUT2D eigenvalue weighted by Gasteiger charge is 2.25. The minimum absolute atomic E-state index is 0.0339. The van der Waals surface area contributed by atoms with Gasteiger partial charge in [0.2, 0.25) is 5.91 Å². The molecule has 0 radical (unpaired) electrons. The van der Waals surface area contributed by atoms with Crippen LogP contribution in [0, 0.1) is 11.3 Å². The van der Waals surface area contributed by atoms with Gasteiger partial charge in [-0.15, -0.1) is 0 Å². The first-order valence-electron chi connectivity index (χ1n) is 7.16. The molecule has 0 atom stereocenters. The van der Waals surface area contributed by atoms with Gasteiger partial charge in [-0.2, -0.15) is 0 Å². The van der Waals surface area contributed by atoms with Crippen LogP contribution in [0.15, 0.2) is 0 Å². The van der Waals surface area contributed by atoms with Crippen molar-refractivity contribution in [3.63, 3.8) is 0 Å². The number of carbonyl (C=O) groups is 2. The summed E-state index contributed by atoms with van der Waals surface area (Å²) in [5.74, 6) is 0.437. The maximum atomic E-state index is 11.8. The van der Waals surface area contributed by atoms with Crippen molar-refractivity contribution >= 4 is 11.9 Å². The van der Waals surface area contributed by atoms with Gasteiger partial charge in [-0.3, -0.25) is 9.59 Å². The van der Waals surface area contributed by atoms with Crippen molar-refractivity contribution in [1.29, 1.82) is 0 Å². The number of methoxy groups -OCH3 is 1. The van der Waals surface area contributed by atoms with E-state index in [4.69, 9.17) is 4.74 Å². The third-order valence-electron chi connectivity index (χ3n) is 3.59. The third-order valence-corrected chi connectivity index (χ3v) is 3.59. The normalized spacial score (nSPS) is 23.8. The molecular formula is C15H27NO3. The van der Waals surface area contributed by atoms with E-state index in [1.165, 1.54) is 7.11 Å². The molecule has 1 amide bonds. The molecule has 0 aromatic carbocycles. The second-order valence-corrected chi connectivity index (χ2v) is 6.80. The summed E-state index contributed by atoms with van der Waals surface area (Å²) in [6, 6.07) is 0.281. The van der Waals surface area contributed by atoms with Gasteiger partial charge >= 0.3 is 5.97 Å². The lowest BCUT2D eigenvalue weighted by Crippen LogP contribution is -2.39. The fraction of sp³-hybridized carbons (Fsp3) is 0.867. The summed E-state index contributed by atoms with van der Waals surface area (Å²) in [6.07, 6.45) is 5.01. The van der Waals surface area contributed by atoms with Crippen molar-refractivity contribution in [3.05, 3.63) is 0 Å². The summed E-state index contributed by atoms with van der Waals surface area (Å²) in [5, 5.41) is 3.11. The number of carbonyl (C=O) groups excluding carboxylic acids is 2. The second-order valence-electron chi connectivity index (χ2n) is 6.80. The van der Waals surface area contributed by atoms with Gasteiger partial charge in [-0.25, -0.2) is 0 Å². The highest BCUT2D eigenvalue weighted by molar-refractivity contribution is 5.76. The monoisotopic (exact) mass is 269 g/mol. The summed E-state index contributed by atoms with van der Waals surface area (Å²) in [6.45, 7) is 6.21. The van der Waals surface area contributed by atoms with E-state index in [1.807, 2.05) is 0 Å². The molecule has 0 spiro atoms. The predicted molar refractivity (Wildman–Crippen MR) is 74.6 cm³/mol. The Morgan fingerprint density at radius 2 is 1.74 bits per heavy atom. The lowest BCUT2D eigenvalue weighted by molar-refractivity contribution is -0.142. The topological polar surface area (TPSA) is 55.4 Å². The predicted octanol–water partition coefficient (Wildman–Crippen LogP) is 2.66. The molecule has 0 aromatic heterocycles. The van der Waals surface area contributed by atoms with E-state index in [2.05, 4.69) is 26.1 Å². The van der Waals surface area contributed by atoms with E-state index in [1.54, 1.807) is 0 Å². The van der Waals surface area contributed by atoms with Gasteiger partial charge in [0.25, 0.3) is 0 Å². The van der Waals surface area contributed by atoms with Crippen molar-refractivity contribution in [1.82, 2.24) is 5.32 Å². The maximum absolute atomic E-state index is 11.8. The Morgan fingerprint density at radius 1 is 1.16 bits per heavy atom. The molecule has 4 heteroatoms. The molecule has 4 nitrogen and oxygen atoms in total. The van der Waals surface area contributed by atoms with Crippen LogP contribution in [0.25, 0.3) is 0 Å². The smallest absolute Gasteiger partial charge is 0.305 e. The van der Waals surface area contributed by atoms with Gasteiger partial charge in [0.15, 0.2) is 0 Å². The molecule has 0 aromatic rings. The van der Waals surface area contributed by atoms with Crippen LogP contribution in [0.1, 0.15) is 59.3 Å². The Morgan fingerprint density at radius 3 is 2.21 bits per heavy atom. The zero-order chi connectivity index (χ0) is 14.5. The molecule has 0 unspecified atom stereocenters. The molecule has 19 heavy (non-hydrogen) atoms. The molecule has 0 heterocycles. The molecule has 1 aliphatic carbocycles. The fourth-order valence-corrected chi connectivity index (χ4v) is 2.59. The molecule has 110 valence electrons. The molecular weight excluding hydrogens is 242 g/mol. The van der Waals surface area contributed by atoms with E-state index < -0.39 is 0 Å². The number of ether oxygens (including phenoxy) is 1. The summed E-state index contributed by atoms with van der Waals surface area (Å²) in [4.78, 5) is 23.1. The van der Waals surface area contributed by atoms with Crippen molar-refractivity contribution in [2.24, 2.45) is 11.3 Å². The number of amides is 1. The van der Waals surface area contributed by atoms with Crippen LogP contribution in [-0.2, 0) is 14.3 Å². The Hall–Kier alpha value is -1.06. The summed E-state index contributed by atoms with van der Waals surface area (Å²) in [7, 11) is 1.43. The zero-order valence-electron chi connectivity index (χ0n) is 12.6. The SMILES string of the molecule is COC(=O)CC1CCC(NC(=O)CC(C)(C)C)CC1. The lowest BCUT2D eigenvalue weighted by atomic mass is 9.84. The number of nitrogens with one attached hydrogen (secondary N) is 1. The van der Waals surface area contributed by atoms with Crippen LogP contribution >= 0.6 is 0 Å². The van der Waals surface area contributed by atoms with Crippen LogP contribution in [0.2, 0.25) is 0 Å². The van der Waals surface area contributed by atoms with Gasteiger partial charge in [0.05, 0.1) is 7.11 Å². The van der Waals surface area contributed by atoms with Gasteiger partial charge < -0.3 is 10.1 Å².